The average molecular weight is 258 g/mol. The zero-order valence-corrected chi connectivity index (χ0v) is 11.3. The van der Waals surface area contributed by atoms with Crippen LogP contribution in [0.4, 0.5) is 0 Å². The van der Waals surface area contributed by atoms with Crippen molar-refractivity contribution >= 4 is 5.97 Å². The maximum atomic E-state index is 11.3. The lowest BCUT2D eigenvalue weighted by molar-refractivity contribution is -0.137. The molecule has 0 fully saturated rings. The third-order valence-corrected chi connectivity index (χ3v) is 2.56. The molecule has 0 aromatic carbocycles. The van der Waals surface area contributed by atoms with E-state index in [-0.39, 0.29) is 5.97 Å². The standard InChI is InChI=1S/C17H22O2/c18-17-15-13-11-9-7-5-3-1-2-4-6-8-10-12-14-16-19-17/h1,3,6,8-13,15H,2,4-5,7,14,16H2/b3-1+,8-6+,11-9-,12-10+,15-13+. The minimum atomic E-state index is -0.283. The van der Waals surface area contributed by atoms with Crippen LogP contribution in [0.5, 0.6) is 0 Å². The molecule has 2 nitrogen and oxygen atoms in total. The molecule has 102 valence electrons. The van der Waals surface area contributed by atoms with Gasteiger partial charge in [0.15, 0.2) is 0 Å². The summed E-state index contributed by atoms with van der Waals surface area (Å²) in [5.41, 5.74) is 0. The fourth-order valence-electron chi connectivity index (χ4n) is 1.55. The number of carbonyl (C=O) groups excluding carboxylic acids is 1. The van der Waals surface area contributed by atoms with Crippen LogP contribution < -0.4 is 0 Å². The van der Waals surface area contributed by atoms with Crippen LogP contribution in [0.3, 0.4) is 0 Å². The van der Waals surface area contributed by atoms with Gasteiger partial charge in [-0.25, -0.2) is 4.79 Å². The highest BCUT2D eigenvalue weighted by Gasteiger charge is 1.93. The molecule has 0 saturated carbocycles. The molecule has 19 heavy (non-hydrogen) atoms. The molecule has 1 aliphatic rings. The molecule has 0 unspecified atom stereocenters. The van der Waals surface area contributed by atoms with Crippen molar-refractivity contribution in [2.75, 3.05) is 6.61 Å². The van der Waals surface area contributed by atoms with E-state index in [9.17, 15) is 4.79 Å². The summed E-state index contributed by atoms with van der Waals surface area (Å²) in [4.78, 5) is 11.3. The van der Waals surface area contributed by atoms with Gasteiger partial charge in [-0.15, -0.1) is 0 Å². The number of ether oxygens (including phenoxy) is 1. The van der Waals surface area contributed by atoms with E-state index in [1.54, 1.807) is 6.08 Å². The molecule has 1 heterocycles. The van der Waals surface area contributed by atoms with Gasteiger partial charge in [0.25, 0.3) is 0 Å². The summed E-state index contributed by atoms with van der Waals surface area (Å²) in [6, 6.07) is 0. The van der Waals surface area contributed by atoms with Gasteiger partial charge in [-0.3, -0.25) is 0 Å². The van der Waals surface area contributed by atoms with Gasteiger partial charge in [0.05, 0.1) is 6.61 Å². The Morgan fingerprint density at radius 2 is 1.21 bits per heavy atom. The first-order valence-corrected chi connectivity index (χ1v) is 6.86. The molecule has 0 spiro atoms. The average Bonchev–Trinajstić information content (AvgIpc) is 2.41. The van der Waals surface area contributed by atoms with Crippen LogP contribution in [-0.2, 0) is 9.53 Å². The summed E-state index contributed by atoms with van der Waals surface area (Å²) < 4.78 is 5.04. The maximum absolute atomic E-state index is 11.3. The summed E-state index contributed by atoms with van der Waals surface area (Å²) in [6.45, 7) is 0.431. The molecule has 0 aliphatic carbocycles. The second kappa shape index (κ2) is 11.3. The van der Waals surface area contributed by atoms with Crippen LogP contribution in [0.1, 0.15) is 32.1 Å². The van der Waals surface area contributed by atoms with Crippen LogP contribution in [0.15, 0.2) is 60.8 Å². The molecule has 0 N–H and O–H groups in total. The van der Waals surface area contributed by atoms with Gasteiger partial charge in [0.1, 0.15) is 0 Å². The van der Waals surface area contributed by atoms with Crippen molar-refractivity contribution in [1.82, 2.24) is 0 Å². The Hall–Kier alpha value is -1.83. The van der Waals surface area contributed by atoms with Gasteiger partial charge in [-0.1, -0.05) is 54.7 Å². The summed E-state index contributed by atoms with van der Waals surface area (Å²) in [5, 5.41) is 0. The fraction of sp³-hybridized carbons (Fsp3) is 0.353. The van der Waals surface area contributed by atoms with Crippen molar-refractivity contribution in [1.29, 1.82) is 0 Å². The first-order chi connectivity index (χ1) is 9.39. The lowest BCUT2D eigenvalue weighted by Crippen LogP contribution is -2.00. The van der Waals surface area contributed by atoms with Crippen molar-refractivity contribution in [3.63, 3.8) is 0 Å². The largest absolute Gasteiger partial charge is 0.462 e. The Morgan fingerprint density at radius 1 is 0.684 bits per heavy atom. The Kier molecular flexibility index (Phi) is 9.03. The quantitative estimate of drug-likeness (QED) is 0.479. The second-order valence-corrected chi connectivity index (χ2v) is 4.23. The lowest BCUT2D eigenvalue weighted by atomic mass is 10.2. The minimum absolute atomic E-state index is 0.283. The first-order valence-electron chi connectivity index (χ1n) is 6.86. The number of rotatable bonds is 0. The summed E-state index contributed by atoms with van der Waals surface area (Å²) in [5.74, 6) is -0.283. The summed E-state index contributed by atoms with van der Waals surface area (Å²) >= 11 is 0. The third-order valence-electron chi connectivity index (χ3n) is 2.56. The zero-order chi connectivity index (χ0) is 13.6. The number of hydrogen-bond donors (Lipinski definition) is 0. The number of allylic oxidation sites excluding steroid dienone is 8. The van der Waals surface area contributed by atoms with Gasteiger partial charge >= 0.3 is 5.97 Å². The molecule has 2 heteroatoms. The van der Waals surface area contributed by atoms with Gasteiger partial charge < -0.3 is 4.74 Å². The zero-order valence-electron chi connectivity index (χ0n) is 11.3. The smallest absolute Gasteiger partial charge is 0.330 e. The number of carbonyl (C=O) groups is 1. The topological polar surface area (TPSA) is 26.3 Å². The van der Waals surface area contributed by atoms with Gasteiger partial charge in [0, 0.05) is 6.08 Å². The van der Waals surface area contributed by atoms with Crippen molar-refractivity contribution in [2.24, 2.45) is 0 Å². The second-order valence-electron chi connectivity index (χ2n) is 4.23. The number of cyclic esters (lactones) is 1. The lowest BCUT2D eigenvalue weighted by Gasteiger charge is -1.97. The molecular weight excluding hydrogens is 236 g/mol. The predicted molar refractivity (Wildman–Crippen MR) is 79.7 cm³/mol. The van der Waals surface area contributed by atoms with Crippen molar-refractivity contribution in [3.8, 4) is 0 Å². The van der Waals surface area contributed by atoms with Gasteiger partial charge in [-0.05, 0) is 32.1 Å². The molecule has 0 bridgehead atoms. The summed E-state index contributed by atoms with van der Waals surface area (Å²) in [7, 11) is 0. The number of hydrogen-bond acceptors (Lipinski definition) is 2. The molecule has 0 atom stereocenters. The molecule has 1 aliphatic heterocycles. The Bertz CT molecular complexity index is 384. The van der Waals surface area contributed by atoms with Crippen molar-refractivity contribution in [2.45, 2.75) is 32.1 Å². The molecule has 0 saturated heterocycles. The van der Waals surface area contributed by atoms with E-state index in [4.69, 9.17) is 4.74 Å². The predicted octanol–water partition coefficient (Wildman–Crippen LogP) is 4.27. The van der Waals surface area contributed by atoms with Crippen molar-refractivity contribution < 1.29 is 9.53 Å². The van der Waals surface area contributed by atoms with Crippen LogP contribution in [0.25, 0.3) is 0 Å². The normalized spacial score (nSPS) is 27.3. The van der Waals surface area contributed by atoms with E-state index in [0.717, 1.165) is 32.1 Å². The van der Waals surface area contributed by atoms with Gasteiger partial charge in [-0.2, -0.15) is 0 Å². The minimum Gasteiger partial charge on any atom is -0.462 e. The monoisotopic (exact) mass is 258 g/mol. The van der Waals surface area contributed by atoms with Crippen molar-refractivity contribution in [3.05, 3.63) is 60.8 Å². The van der Waals surface area contributed by atoms with E-state index in [1.807, 2.05) is 24.3 Å². The highest BCUT2D eigenvalue weighted by Crippen LogP contribution is 1.99. The molecule has 0 radical (unpaired) electrons. The van der Waals surface area contributed by atoms with E-state index >= 15 is 0 Å². The Morgan fingerprint density at radius 3 is 1.89 bits per heavy atom. The van der Waals surface area contributed by atoms with E-state index in [1.165, 1.54) is 6.08 Å². The maximum Gasteiger partial charge on any atom is 0.330 e. The molecule has 0 aromatic rings. The van der Waals surface area contributed by atoms with Crippen LogP contribution >= 0.6 is 0 Å². The molecule has 0 amide bonds. The highest BCUT2D eigenvalue weighted by atomic mass is 16.5. The summed E-state index contributed by atoms with van der Waals surface area (Å²) in [6.07, 6.45) is 24.7. The van der Waals surface area contributed by atoms with Crippen LogP contribution in [0, 0.1) is 0 Å². The van der Waals surface area contributed by atoms with Crippen LogP contribution in [-0.4, -0.2) is 12.6 Å². The van der Waals surface area contributed by atoms with E-state index in [2.05, 4.69) is 24.3 Å². The molecular formula is C17H22O2. The first kappa shape index (κ1) is 15.2. The highest BCUT2D eigenvalue weighted by molar-refractivity contribution is 5.82. The van der Waals surface area contributed by atoms with Gasteiger partial charge in [0.2, 0.25) is 0 Å². The molecule has 1 rings (SSSR count). The Labute approximate surface area is 115 Å². The van der Waals surface area contributed by atoms with E-state index in [0.29, 0.717) is 6.61 Å². The Balaban J connectivity index is 2.44. The molecule has 0 aromatic heterocycles. The number of esters is 1. The van der Waals surface area contributed by atoms with E-state index < -0.39 is 0 Å². The third kappa shape index (κ3) is 9.83. The SMILES string of the molecule is O=C1/C=C/C=C\CC/C=C/CC/C=C/C=C/CCO1. The van der Waals surface area contributed by atoms with Crippen LogP contribution in [0.2, 0.25) is 0 Å². The fourth-order valence-corrected chi connectivity index (χ4v) is 1.55.